The van der Waals surface area contributed by atoms with E-state index in [9.17, 15) is 9.59 Å². The molecular formula is C27H22Cl2N2O4S2. The first-order valence-electron chi connectivity index (χ1n) is 11.3. The van der Waals surface area contributed by atoms with Gasteiger partial charge in [-0.05, 0) is 55.3 Å². The van der Waals surface area contributed by atoms with E-state index in [0.29, 0.717) is 41.5 Å². The molecule has 0 fully saturated rings. The van der Waals surface area contributed by atoms with Crippen molar-refractivity contribution in [2.24, 2.45) is 0 Å². The molecule has 0 saturated carbocycles. The summed E-state index contributed by atoms with van der Waals surface area (Å²) < 4.78 is 10.6. The lowest BCUT2D eigenvalue weighted by atomic mass is 9.97. The number of nitrogen functional groups attached to an aromatic ring is 1. The summed E-state index contributed by atoms with van der Waals surface area (Å²) in [6.07, 6.45) is 1.84. The molecule has 10 heteroatoms. The van der Waals surface area contributed by atoms with Crippen LogP contribution in [0.2, 0.25) is 10.0 Å². The highest BCUT2D eigenvalue weighted by Gasteiger charge is 2.33. The van der Waals surface area contributed by atoms with Gasteiger partial charge >= 0.3 is 11.9 Å². The fraction of sp³-hybridized carbons (Fsp3) is 0.148. The van der Waals surface area contributed by atoms with E-state index in [1.54, 1.807) is 62.4 Å². The Morgan fingerprint density at radius 1 is 0.919 bits per heavy atom. The Bertz CT molecular complexity index is 1440. The van der Waals surface area contributed by atoms with Crippen LogP contribution in [0.1, 0.15) is 34.6 Å². The number of anilines is 1. The van der Waals surface area contributed by atoms with Crippen molar-refractivity contribution < 1.29 is 19.1 Å². The highest BCUT2D eigenvalue weighted by Crippen LogP contribution is 2.48. The molecule has 190 valence electrons. The van der Waals surface area contributed by atoms with E-state index < -0.39 is 11.9 Å². The molecule has 0 atom stereocenters. The maximum Gasteiger partial charge on any atom is 0.341 e. The Labute approximate surface area is 232 Å². The second-order valence-electron chi connectivity index (χ2n) is 7.73. The van der Waals surface area contributed by atoms with Crippen LogP contribution in [0.15, 0.2) is 59.0 Å². The van der Waals surface area contributed by atoms with Gasteiger partial charge in [-0.2, -0.15) is 0 Å². The summed E-state index contributed by atoms with van der Waals surface area (Å²) in [6.45, 7) is 3.82. The van der Waals surface area contributed by atoms with Crippen LogP contribution in [0.3, 0.4) is 0 Å². The molecule has 4 rings (SSSR count). The Morgan fingerprint density at radius 3 is 2.03 bits per heavy atom. The number of hydrogen-bond acceptors (Lipinski definition) is 8. The Morgan fingerprint density at radius 2 is 1.46 bits per heavy atom. The molecule has 2 heterocycles. The molecule has 3 N–H and O–H groups in total. The number of carbonyl (C=O) groups excluding carboxylic acids is 2. The number of rotatable bonds is 7. The summed E-state index contributed by atoms with van der Waals surface area (Å²) in [5.74, 6) is -1.11. The van der Waals surface area contributed by atoms with Crippen LogP contribution in [0.5, 0.6) is 0 Å². The van der Waals surface area contributed by atoms with Gasteiger partial charge in [0.15, 0.2) is 0 Å². The van der Waals surface area contributed by atoms with Crippen LogP contribution in [-0.2, 0) is 14.3 Å². The van der Waals surface area contributed by atoms with Crippen molar-refractivity contribution in [3.63, 3.8) is 0 Å². The minimum atomic E-state index is -0.579. The van der Waals surface area contributed by atoms with Crippen LogP contribution in [0.25, 0.3) is 22.8 Å². The van der Waals surface area contributed by atoms with E-state index >= 15 is 0 Å². The molecule has 0 saturated heterocycles. The summed E-state index contributed by atoms with van der Waals surface area (Å²) in [5, 5.41) is 10.0. The maximum atomic E-state index is 12.9. The van der Waals surface area contributed by atoms with E-state index in [0.717, 1.165) is 17.3 Å². The third-order valence-corrected chi connectivity index (χ3v) is 7.81. The average molecular weight is 574 g/mol. The van der Waals surface area contributed by atoms with Crippen LogP contribution in [-0.4, -0.2) is 30.2 Å². The zero-order chi connectivity index (χ0) is 26.7. The fourth-order valence-electron chi connectivity index (χ4n) is 3.85. The third-order valence-electron chi connectivity index (χ3n) is 5.39. The number of nitrogens with two attached hydrogens (primary N) is 1. The second kappa shape index (κ2) is 11.6. The number of carbonyl (C=O) groups is 2. The zero-order valence-electron chi connectivity index (χ0n) is 19.9. The molecule has 3 aromatic rings. The Kier molecular flexibility index (Phi) is 8.44. The predicted molar refractivity (Wildman–Crippen MR) is 153 cm³/mol. The number of thiophene rings is 1. The van der Waals surface area contributed by atoms with Gasteiger partial charge in [-0.3, -0.25) is 5.41 Å². The van der Waals surface area contributed by atoms with Crippen LogP contribution in [0, 0.1) is 5.41 Å². The van der Waals surface area contributed by atoms with Crippen molar-refractivity contribution in [2.45, 2.75) is 13.8 Å². The van der Waals surface area contributed by atoms with Gasteiger partial charge in [-0.25, -0.2) is 9.59 Å². The summed E-state index contributed by atoms with van der Waals surface area (Å²) >= 11 is 14.6. The molecule has 2 aromatic carbocycles. The van der Waals surface area contributed by atoms with E-state index in [4.69, 9.17) is 43.8 Å². The van der Waals surface area contributed by atoms with Crippen molar-refractivity contribution in [1.29, 1.82) is 5.41 Å². The molecule has 1 aliphatic rings. The molecule has 1 aromatic heterocycles. The number of benzene rings is 2. The van der Waals surface area contributed by atoms with Crippen molar-refractivity contribution in [1.82, 2.24) is 0 Å². The molecule has 0 amide bonds. The SMILES string of the molecule is CCOC(=O)C1=C(c2ccc(Cl)cc2)/C(=C\c2sc(N)c(C(=O)OCC)c2-c2ccc(Cl)cc2)SC1=N. The van der Waals surface area contributed by atoms with Crippen LogP contribution in [0.4, 0.5) is 5.00 Å². The van der Waals surface area contributed by atoms with Gasteiger partial charge in [0.05, 0.1) is 13.2 Å². The molecule has 0 aliphatic carbocycles. The molecular weight excluding hydrogens is 551 g/mol. The molecule has 0 bridgehead atoms. The van der Waals surface area contributed by atoms with Crippen molar-refractivity contribution in [2.75, 3.05) is 18.9 Å². The van der Waals surface area contributed by atoms with Crippen LogP contribution < -0.4 is 5.73 Å². The summed E-state index contributed by atoms with van der Waals surface area (Å²) in [7, 11) is 0. The highest BCUT2D eigenvalue weighted by atomic mass is 35.5. The van der Waals surface area contributed by atoms with E-state index in [1.165, 1.54) is 11.3 Å². The monoisotopic (exact) mass is 572 g/mol. The summed E-state index contributed by atoms with van der Waals surface area (Å²) in [4.78, 5) is 27.1. The number of ether oxygens (including phenoxy) is 2. The lowest BCUT2D eigenvalue weighted by Gasteiger charge is -2.10. The van der Waals surface area contributed by atoms with Gasteiger partial charge in [0.1, 0.15) is 21.2 Å². The van der Waals surface area contributed by atoms with E-state index in [1.807, 2.05) is 6.08 Å². The fourth-order valence-corrected chi connectivity index (χ4v) is 6.20. The Hall–Kier alpha value is -3.04. The van der Waals surface area contributed by atoms with Gasteiger partial charge in [0.2, 0.25) is 0 Å². The van der Waals surface area contributed by atoms with Gasteiger partial charge in [0, 0.05) is 31.0 Å². The first-order valence-corrected chi connectivity index (χ1v) is 13.7. The first kappa shape index (κ1) is 27.0. The Balaban J connectivity index is 1.96. The van der Waals surface area contributed by atoms with Gasteiger partial charge in [-0.15, -0.1) is 11.3 Å². The minimum absolute atomic E-state index is 0.0674. The predicted octanol–water partition coefficient (Wildman–Crippen LogP) is 7.56. The zero-order valence-corrected chi connectivity index (χ0v) is 23.0. The molecule has 0 spiro atoms. The van der Waals surface area contributed by atoms with Crippen LogP contribution >= 0.6 is 46.3 Å². The quantitative estimate of drug-likeness (QED) is 0.283. The minimum Gasteiger partial charge on any atom is -0.462 e. The number of nitrogens with one attached hydrogen (secondary N) is 1. The highest BCUT2D eigenvalue weighted by molar-refractivity contribution is 8.18. The lowest BCUT2D eigenvalue weighted by molar-refractivity contribution is -0.137. The largest absolute Gasteiger partial charge is 0.462 e. The number of esters is 2. The summed E-state index contributed by atoms with van der Waals surface area (Å²) in [5.41, 5.74) is 9.35. The number of halogens is 2. The third kappa shape index (κ3) is 5.62. The first-order chi connectivity index (χ1) is 17.7. The van der Waals surface area contributed by atoms with E-state index in [-0.39, 0.29) is 29.4 Å². The van der Waals surface area contributed by atoms with Crippen molar-refractivity contribution in [3.8, 4) is 11.1 Å². The maximum absolute atomic E-state index is 12.9. The topological polar surface area (TPSA) is 102 Å². The second-order valence-corrected chi connectivity index (χ2v) is 10.7. The number of allylic oxidation sites excluding steroid dienone is 1. The van der Waals surface area contributed by atoms with Gasteiger partial charge in [-0.1, -0.05) is 59.2 Å². The molecule has 0 radical (unpaired) electrons. The van der Waals surface area contributed by atoms with Crippen molar-refractivity contribution in [3.05, 3.63) is 85.1 Å². The average Bonchev–Trinajstić information content (AvgIpc) is 3.36. The molecule has 0 unspecified atom stereocenters. The van der Waals surface area contributed by atoms with Gasteiger partial charge in [0.25, 0.3) is 0 Å². The number of hydrogen-bond donors (Lipinski definition) is 2. The summed E-state index contributed by atoms with van der Waals surface area (Å²) in [6, 6.07) is 14.1. The normalized spacial score (nSPS) is 14.4. The van der Waals surface area contributed by atoms with Crippen molar-refractivity contribution >= 4 is 79.9 Å². The smallest absolute Gasteiger partial charge is 0.341 e. The number of thioether (sulfide) groups is 1. The molecule has 6 nitrogen and oxygen atoms in total. The lowest BCUT2D eigenvalue weighted by Crippen LogP contribution is -2.12. The molecule has 1 aliphatic heterocycles. The van der Waals surface area contributed by atoms with E-state index in [2.05, 4.69) is 0 Å². The standard InChI is InChI=1S/C27H22Cl2N2O4S2/c1-3-34-26(32)22-20(14-5-9-16(28)10-6-14)18(36-24(22)30)13-19-21(15-7-11-17(29)12-8-15)23(25(31)37-19)27(33)35-4-2/h5-13,30H,3-4,31H2,1-2H3/b18-13+,30-24?. The van der Waals surface area contributed by atoms with Gasteiger partial charge < -0.3 is 15.2 Å². The molecule has 37 heavy (non-hydrogen) atoms.